The summed E-state index contributed by atoms with van der Waals surface area (Å²) in [6, 6.07) is 6.93. The number of hydrogen-bond donors (Lipinski definition) is 3. The Hall–Kier alpha value is -3.33. The minimum atomic E-state index is -1.44. The Kier molecular flexibility index (Phi) is 6.83. The predicted molar refractivity (Wildman–Crippen MR) is 138 cm³/mol. The van der Waals surface area contributed by atoms with E-state index in [0.29, 0.717) is 28.2 Å². The average Bonchev–Trinajstić information content (AvgIpc) is 3.61. The minimum absolute atomic E-state index is 0.0301. The van der Waals surface area contributed by atoms with Gasteiger partial charge in [0.05, 0.1) is 39.5 Å². The molecule has 0 spiro atoms. The summed E-state index contributed by atoms with van der Waals surface area (Å²) in [6.45, 7) is 1.93. The Morgan fingerprint density at radius 3 is 2.26 bits per heavy atom. The largest absolute Gasteiger partial charge is 0.502 e. The van der Waals surface area contributed by atoms with Crippen molar-refractivity contribution in [2.24, 2.45) is 11.8 Å². The first kappa shape index (κ1) is 27.5. The molecule has 5 aliphatic rings. The first-order valence-electron chi connectivity index (χ1n) is 13.8. The smallest absolute Gasteiger partial charge is 0.310 e. The normalized spacial score (nSPS) is 36.5. The summed E-state index contributed by atoms with van der Waals surface area (Å²) in [4.78, 5) is 13.4. The zero-order chi connectivity index (χ0) is 29.3. The molecule has 4 heterocycles. The number of cyclic esters (lactones) is 1. The fraction of sp³-hybridized carbons (Fsp3) is 0.552. The van der Waals surface area contributed by atoms with Gasteiger partial charge in [-0.15, -0.1) is 0 Å². The Morgan fingerprint density at radius 1 is 0.881 bits per heavy atom. The van der Waals surface area contributed by atoms with E-state index in [1.807, 2.05) is 0 Å². The van der Waals surface area contributed by atoms with Gasteiger partial charge in [-0.2, -0.15) is 0 Å². The molecule has 226 valence electrons. The second-order valence-corrected chi connectivity index (χ2v) is 11.0. The molecule has 2 aromatic rings. The van der Waals surface area contributed by atoms with Gasteiger partial charge in [-0.25, -0.2) is 0 Å². The van der Waals surface area contributed by atoms with E-state index in [1.165, 1.54) is 14.2 Å². The fourth-order valence-corrected chi connectivity index (χ4v) is 6.74. The van der Waals surface area contributed by atoms with Gasteiger partial charge < -0.3 is 58.0 Å². The maximum atomic E-state index is 13.4. The van der Waals surface area contributed by atoms with Crippen molar-refractivity contribution in [3.8, 4) is 28.7 Å². The molecule has 2 aromatic carbocycles. The van der Waals surface area contributed by atoms with Crippen LogP contribution in [0.25, 0.3) is 0 Å². The number of methoxy groups -OCH3 is 2. The first-order chi connectivity index (χ1) is 20.3. The van der Waals surface area contributed by atoms with Crippen LogP contribution >= 0.6 is 0 Å². The van der Waals surface area contributed by atoms with Crippen molar-refractivity contribution in [2.45, 2.75) is 55.9 Å². The van der Waals surface area contributed by atoms with E-state index in [1.54, 1.807) is 31.2 Å². The number of hydrogen-bond acceptors (Lipinski definition) is 13. The summed E-state index contributed by atoms with van der Waals surface area (Å²) >= 11 is 0. The zero-order valence-corrected chi connectivity index (χ0v) is 23.1. The average molecular weight is 589 g/mol. The number of esters is 1. The van der Waals surface area contributed by atoms with Crippen LogP contribution in [-0.4, -0.2) is 92.5 Å². The molecular weight excluding hydrogens is 556 g/mol. The van der Waals surface area contributed by atoms with E-state index >= 15 is 0 Å². The van der Waals surface area contributed by atoms with Crippen LogP contribution in [0, 0.1) is 11.8 Å². The number of aliphatic hydroxyl groups excluding tert-OH is 2. The number of ether oxygens (including phenoxy) is 9. The van der Waals surface area contributed by atoms with E-state index in [2.05, 4.69) is 0 Å². The molecule has 0 amide bonds. The quantitative estimate of drug-likeness (QED) is 0.430. The lowest BCUT2D eigenvalue weighted by molar-refractivity contribution is -0.364. The lowest BCUT2D eigenvalue weighted by atomic mass is 9.66. The Labute approximate surface area is 240 Å². The van der Waals surface area contributed by atoms with Gasteiger partial charge in [0.15, 0.2) is 35.6 Å². The number of carbonyl (C=O) groups excluding carboxylic acids is 1. The second-order valence-electron chi connectivity index (χ2n) is 11.0. The highest BCUT2D eigenvalue weighted by molar-refractivity contribution is 5.79. The second kappa shape index (κ2) is 10.4. The van der Waals surface area contributed by atoms with Gasteiger partial charge in [-0.1, -0.05) is 0 Å². The lowest BCUT2D eigenvalue weighted by Gasteiger charge is -2.47. The maximum Gasteiger partial charge on any atom is 0.310 e. The third-order valence-electron chi connectivity index (χ3n) is 8.75. The summed E-state index contributed by atoms with van der Waals surface area (Å²) in [5, 5.41) is 32.5. The summed E-state index contributed by atoms with van der Waals surface area (Å²) in [5.74, 6) is -1.02. The molecule has 0 saturated carbocycles. The van der Waals surface area contributed by atoms with E-state index in [-0.39, 0.29) is 37.3 Å². The molecule has 0 bridgehead atoms. The Morgan fingerprint density at radius 2 is 1.57 bits per heavy atom. The van der Waals surface area contributed by atoms with E-state index in [9.17, 15) is 20.1 Å². The molecule has 13 heteroatoms. The zero-order valence-electron chi connectivity index (χ0n) is 23.1. The summed E-state index contributed by atoms with van der Waals surface area (Å²) in [5.41, 5.74) is 2.01. The van der Waals surface area contributed by atoms with Gasteiger partial charge in [0, 0.05) is 11.8 Å². The third-order valence-corrected chi connectivity index (χ3v) is 8.75. The molecule has 0 radical (unpaired) electrons. The van der Waals surface area contributed by atoms with Crippen molar-refractivity contribution in [3.63, 3.8) is 0 Å². The number of phenols is 1. The van der Waals surface area contributed by atoms with Gasteiger partial charge in [0.2, 0.25) is 12.5 Å². The third kappa shape index (κ3) is 4.26. The highest BCUT2D eigenvalue weighted by Crippen LogP contribution is 2.57. The molecule has 42 heavy (non-hydrogen) atoms. The van der Waals surface area contributed by atoms with Crippen molar-refractivity contribution in [3.05, 3.63) is 41.0 Å². The minimum Gasteiger partial charge on any atom is -0.502 e. The number of fused-ring (bicyclic) bond motifs is 4. The van der Waals surface area contributed by atoms with Crippen LogP contribution in [0.2, 0.25) is 0 Å². The van der Waals surface area contributed by atoms with Gasteiger partial charge in [0.1, 0.15) is 24.4 Å². The van der Waals surface area contributed by atoms with Crippen molar-refractivity contribution in [1.29, 1.82) is 0 Å². The monoisotopic (exact) mass is 588 g/mol. The number of rotatable bonds is 5. The van der Waals surface area contributed by atoms with E-state index in [0.717, 1.165) is 0 Å². The van der Waals surface area contributed by atoms with Crippen LogP contribution in [0.5, 0.6) is 28.7 Å². The highest BCUT2D eigenvalue weighted by Gasteiger charge is 2.56. The predicted octanol–water partition coefficient (Wildman–Crippen LogP) is 1.34. The number of benzene rings is 2. The molecule has 0 aromatic heterocycles. The van der Waals surface area contributed by atoms with Crippen LogP contribution in [-0.2, 0) is 28.5 Å². The number of carbonyl (C=O) groups is 1. The highest BCUT2D eigenvalue weighted by atomic mass is 16.8. The van der Waals surface area contributed by atoms with Crippen molar-refractivity contribution < 1.29 is 62.7 Å². The number of phenolic OH excluding ortho intramolecular Hbond substituents is 1. The first-order valence-corrected chi connectivity index (χ1v) is 13.8. The van der Waals surface area contributed by atoms with Crippen molar-refractivity contribution in [2.75, 3.05) is 34.2 Å². The van der Waals surface area contributed by atoms with Crippen molar-refractivity contribution in [1.82, 2.24) is 0 Å². The van der Waals surface area contributed by atoms with E-state index < -0.39 is 66.8 Å². The summed E-state index contributed by atoms with van der Waals surface area (Å²) in [7, 11) is 2.86. The van der Waals surface area contributed by atoms with Crippen molar-refractivity contribution >= 4 is 5.97 Å². The molecular formula is C29H32O13. The van der Waals surface area contributed by atoms with E-state index in [4.69, 9.17) is 42.6 Å². The Balaban J connectivity index is 1.32. The Bertz CT molecular complexity index is 1350. The van der Waals surface area contributed by atoms with Gasteiger partial charge in [-0.3, -0.25) is 4.79 Å². The van der Waals surface area contributed by atoms with Crippen LogP contribution in [0.3, 0.4) is 0 Å². The molecule has 13 nitrogen and oxygen atoms in total. The lowest BCUT2D eigenvalue weighted by Crippen LogP contribution is -2.63. The molecule has 3 saturated heterocycles. The molecule has 3 fully saturated rings. The van der Waals surface area contributed by atoms with Crippen LogP contribution in [0.4, 0.5) is 0 Å². The molecule has 3 N–H and O–H groups in total. The maximum absolute atomic E-state index is 13.4. The molecule has 7 rings (SSSR count). The summed E-state index contributed by atoms with van der Waals surface area (Å²) < 4.78 is 51.5. The van der Waals surface area contributed by atoms with Crippen LogP contribution in [0.15, 0.2) is 24.3 Å². The molecule has 0 unspecified atom stereocenters. The molecule has 4 aliphatic heterocycles. The van der Waals surface area contributed by atoms with Crippen LogP contribution in [0.1, 0.15) is 35.6 Å². The van der Waals surface area contributed by atoms with Gasteiger partial charge in [-0.05, 0) is 47.9 Å². The standard InChI is InChI=1S/C29H32O13/c1-11-36-9-20-27(40-11)24(31)25(32)29(41-20)42-26-14-7-17-16(38-10-39-17)6-13(14)21(22-15(26)8-37-28(22)33)12-4-18(34-2)23(30)19(5-12)35-3/h4-7,11,15,20-22,24-27,29-32H,8-10H2,1-3H3/t11-,15-,20+,21+,22-,24+,25-,26-,27-,29-/m0/s1. The fourth-order valence-electron chi connectivity index (χ4n) is 6.74. The van der Waals surface area contributed by atoms with Crippen LogP contribution < -0.4 is 18.9 Å². The number of aliphatic hydroxyl groups is 2. The topological polar surface area (TPSA) is 161 Å². The SMILES string of the molecule is COc1cc([C@@H]2c3cc4c(cc3[C@H](O[C@@H]3O[C@@H]5CO[C@H](C)O[C@@H]5[C@H](O)[C@@H]3O)[C@H]3COC(=O)[C@H]23)OCO4)cc(OC)c1O. The number of aromatic hydroxyl groups is 1. The summed E-state index contributed by atoms with van der Waals surface area (Å²) in [6.07, 6.45) is -6.80. The molecule has 1 aliphatic carbocycles. The molecule has 10 atom stereocenters. The van der Waals surface area contributed by atoms with Gasteiger partial charge in [0.25, 0.3) is 0 Å². The van der Waals surface area contributed by atoms with Gasteiger partial charge >= 0.3 is 5.97 Å².